The van der Waals surface area contributed by atoms with Crippen molar-refractivity contribution in [3.63, 3.8) is 0 Å². The highest BCUT2D eigenvalue weighted by Crippen LogP contribution is 2.28. The number of esters is 1. The number of carbonyl (C=O) groups excluding carboxylic acids is 2. The van der Waals surface area contributed by atoms with Gasteiger partial charge in [0.05, 0.1) is 5.56 Å². The fourth-order valence-corrected chi connectivity index (χ4v) is 2.10. The quantitative estimate of drug-likeness (QED) is 0.521. The van der Waals surface area contributed by atoms with E-state index in [2.05, 4.69) is 0 Å². The molecule has 2 aromatic carbocycles. The first-order valence-corrected chi connectivity index (χ1v) is 6.64. The lowest BCUT2D eigenvalue weighted by atomic mass is 9.97. The summed E-state index contributed by atoms with van der Waals surface area (Å²) in [4.78, 5) is 23.8. The Kier molecular flexibility index (Phi) is 4.70. The number of ether oxygens (including phenoxy) is 2. The monoisotopic (exact) mass is 300 g/mol. The molecule has 2 rings (SSSR count). The van der Waals surface area contributed by atoms with Crippen molar-refractivity contribution < 1.29 is 24.2 Å². The molecule has 2 aromatic rings. The van der Waals surface area contributed by atoms with E-state index >= 15 is 0 Å². The van der Waals surface area contributed by atoms with Crippen LogP contribution in [0.15, 0.2) is 54.6 Å². The Morgan fingerprint density at radius 2 is 1.59 bits per heavy atom. The van der Waals surface area contributed by atoms with Crippen molar-refractivity contribution >= 4 is 11.8 Å². The maximum Gasteiger partial charge on any atom is 0.356 e. The van der Waals surface area contributed by atoms with Gasteiger partial charge in [0.15, 0.2) is 5.78 Å². The summed E-state index contributed by atoms with van der Waals surface area (Å²) in [5.41, 5.74) is 0.720. The van der Waals surface area contributed by atoms with Gasteiger partial charge < -0.3 is 14.6 Å². The Hall–Kier alpha value is -2.50. The minimum atomic E-state index is -2.31. The number of methoxy groups -OCH3 is 1. The lowest BCUT2D eigenvalue weighted by molar-refractivity contribution is -0.342. The largest absolute Gasteiger partial charge is 0.404 e. The van der Waals surface area contributed by atoms with Crippen LogP contribution in [-0.4, -0.2) is 24.0 Å². The highest BCUT2D eigenvalue weighted by Gasteiger charge is 2.37. The van der Waals surface area contributed by atoms with Gasteiger partial charge >= 0.3 is 11.9 Å². The topological polar surface area (TPSA) is 72.8 Å². The predicted octanol–water partition coefficient (Wildman–Crippen LogP) is 2.23. The number of aliphatic hydroxyl groups is 1. The van der Waals surface area contributed by atoms with Gasteiger partial charge in [-0.25, -0.2) is 0 Å². The second kappa shape index (κ2) is 6.51. The summed E-state index contributed by atoms with van der Waals surface area (Å²) in [7, 11) is 1.19. The molecular weight excluding hydrogens is 284 g/mol. The third-order valence-corrected chi connectivity index (χ3v) is 3.11. The molecule has 0 amide bonds. The van der Waals surface area contributed by atoms with Crippen LogP contribution in [0.4, 0.5) is 0 Å². The Morgan fingerprint density at radius 1 is 1.00 bits per heavy atom. The molecule has 0 saturated heterocycles. The molecule has 22 heavy (non-hydrogen) atoms. The van der Waals surface area contributed by atoms with Gasteiger partial charge in [0.2, 0.25) is 0 Å². The van der Waals surface area contributed by atoms with Gasteiger partial charge in [0, 0.05) is 25.2 Å². The summed E-state index contributed by atoms with van der Waals surface area (Å²) in [6.45, 7) is 1.14. The van der Waals surface area contributed by atoms with Crippen LogP contribution in [0, 0.1) is 0 Å². The Labute approximate surface area is 128 Å². The molecule has 1 atom stereocenters. The van der Waals surface area contributed by atoms with Crippen molar-refractivity contribution in [2.24, 2.45) is 0 Å². The van der Waals surface area contributed by atoms with E-state index in [0.29, 0.717) is 5.56 Å². The van der Waals surface area contributed by atoms with E-state index in [9.17, 15) is 14.7 Å². The van der Waals surface area contributed by atoms with Crippen molar-refractivity contribution in [2.45, 2.75) is 12.9 Å². The summed E-state index contributed by atoms with van der Waals surface area (Å²) >= 11 is 0. The van der Waals surface area contributed by atoms with Crippen LogP contribution in [0.1, 0.15) is 28.4 Å². The summed E-state index contributed by atoms with van der Waals surface area (Å²) in [5.74, 6) is -3.35. The standard InChI is InChI=1S/C17H16O5/c1-12(18)22-17(20,21-2)15-11-7-6-10-14(15)16(19)13-8-4-3-5-9-13/h3-11,20H,1-2H3. The second-order valence-corrected chi connectivity index (χ2v) is 4.62. The van der Waals surface area contributed by atoms with Crippen molar-refractivity contribution in [3.8, 4) is 0 Å². The van der Waals surface area contributed by atoms with Crippen LogP contribution in [0.3, 0.4) is 0 Å². The zero-order valence-electron chi connectivity index (χ0n) is 12.3. The molecule has 1 N–H and O–H groups in total. The number of rotatable bonds is 5. The Morgan fingerprint density at radius 3 is 2.18 bits per heavy atom. The van der Waals surface area contributed by atoms with Crippen molar-refractivity contribution in [2.75, 3.05) is 7.11 Å². The molecule has 5 heteroatoms. The van der Waals surface area contributed by atoms with Gasteiger partial charge in [-0.1, -0.05) is 48.5 Å². The minimum absolute atomic E-state index is 0.0709. The highest BCUT2D eigenvalue weighted by atomic mass is 16.8. The van der Waals surface area contributed by atoms with Crippen molar-refractivity contribution in [1.29, 1.82) is 0 Å². The van der Waals surface area contributed by atoms with E-state index in [4.69, 9.17) is 9.47 Å². The molecule has 0 radical (unpaired) electrons. The SMILES string of the molecule is COC(O)(OC(C)=O)c1ccccc1C(=O)c1ccccc1. The van der Waals surface area contributed by atoms with E-state index in [1.54, 1.807) is 42.5 Å². The summed E-state index contributed by atoms with van der Waals surface area (Å²) in [6, 6.07) is 14.9. The van der Waals surface area contributed by atoms with Gasteiger partial charge in [-0.3, -0.25) is 9.59 Å². The van der Waals surface area contributed by atoms with Crippen LogP contribution >= 0.6 is 0 Å². The third-order valence-electron chi connectivity index (χ3n) is 3.11. The van der Waals surface area contributed by atoms with Crippen LogP contribution in [0.2, 0.25) is 0 Å². The normalized spacial score (nSPS) is 13.2. The van der Waals surface area contributed by atoms with Gasteiger partial charge in [0.1, 0.15) is 0 Å². The van der Waals surface area contributed by atoms with Gasteiger partial charge in [-0.15, -0.1) is 0 Å². The first-order chi connectivity index (χ1) is 10.5. The lowest BCUT2D eigenvalue weighted by Crippen LogP contribution is -2.35. The smallest absolute Gasteiger partial charge is 0.356 e. The predicted molar refractivity (Wildman–Crippen MR) is 79.0 cm³/mol. The summed E-state index contributed by atoms with van der Waals surface area (Å²) in [6.07, 6.45) is 0. The Bertz CT molecular complexity index is 680. The highest BCUT2D eigenvalue weighted by molar-refractivity contribution is 6.10. The lowest BCUT2D eigenvalue weighted by Gasteiger charge is -2.27. The zero-order valence-corrected chi connectivity index (χ0v) is 12.3. The van der Waals surface area contributed by atoms with Crippen LogP contribution in [-0.2, 0) is 20.2 Å². The molecule has 0 aromatic heterocycles. The van der Waals surface area contributed by atoms with E-state index in [-0.39, 0.29) is 16.9 Å². The number of ketones is 1. The summed E-state index contributed by atoms with van der Waals surface area (Å²) < 4.78 is 9.76. The number of hydrogen-bond donors (Lipinski definition) is 1. The molecule has 0 aliphatic rings. The zero-order chi connectivity index (χ0) is 16.2. The molecule has 0 spiro atoms. The van der Waals surface area contributed by atoms with Gasteiger partial charge in [0.25, 0.3) is 0 Å². The van der Waals surface area contributed by atoms with Crippen LogP contribution in [0.25, 0.3) is 0 Å². The molecule has 1 unspecified atom stereocenters. The molecular formula is C17H16O5. The van der Waals surface area contributed by atoms with Crippen molar-refractivity contribution in [1.82, 2.24) is 0 Å². The molecule has 0 aliphatic heterocycles. The van der Waals surface area contributed by atoms with E-state index in [0.717, 1.165) is 6.92 Å². The number of benzene rings is 2. The minimum Gasteiger partial charge on any atom is -0.404 e. The Balaban J connectivity index is 2.51. The molecule has 114 valence electrons. The molecule has 0 heterocycles. The molecule has 5 nitrogen and oxygen atoms in total. The molecule has 0 bridgehead atoms. The molecule has 0 aliphatic carbocycles. The fraction of sp³-hybridized carbons (Fsp3) is 0.176. The molecule has 0 fully saturated rings. The summed E-state index contributed by atoms with van der Waals surface area (Å²) in [5, 5.41) is 10.4. The average Bonchev–Trinajstić information content (AvgIpc) is 2.54. The maximum absolute atomic E-state index is 12.6. The van der Waals surface area contributed by atoms with Crippen molar-refractivity contribution in [3.05, 3.63) is 71.3 Å². The number of hydrogen-bond acceptors (Lipinski definition) is 5. The molecule has 0 saturated carbocycles. The second-order valence-electron chi connectivity index (χ2n) is 4.62. The van der Waals surface area contributed by atoms with Crippen LogP contribution < -0.4 is 0 Å². The fourth-order valence-electron chi connectivity index (χ4n) is 2.10. The van der Waals surface area contributed by atoms with Gasteiger partial charge in [-0.05, 0) is 6.07 Å². The maximum atomic E-state index is 12.6. The number of carbonyl (C=O) groups is 2. The van der Waals surface area contributed by atoms with E-state index < -0.39 is 11.9 Å². The van der Waals surface area contributed by atoms with E-state index in [1.807, 2.05) is 0 Å². The average molecular weight is 300 g/mol. The van der Waals surface area contributed by atoms with Crippen LogP contribution in [0.5, 0.6) is 0 Å². The first-order valence-electron chi connectivity index (χ1n) is 6.64. The first kappa shape index (κ1) is 15.9. The van der Waals surface area contributed by atoms with E-state index in [1.165, 1.54) is 19.2 Å². The third kappa shape index (κ3) is 3.21. The van der Waals surface area contributed by atoms with Gasteiger partial charge in [-0.2, -0.15) is 0 Å².